The third-order valence-corrected chi connectivity index (χ3v) is 6.12. The molecule has 0 bridgehead atoms. The highest BCUT2D eigenvalue weighted by molar-refractivity contribution is 8.00. The van der Waals surface area contributed by atoms with Crippen LogP contribution in [-0.2, 0) is 11.2 Å². The highest BCUT2D eigenvalue weighted by atomic mass is 35.5. The van der Waals surface area contributed by atoms with Crippen molar-refractivity contribution in [2.24, 2.45) is 0 Å². The number of thioether (sulfide) groups is 1. The van der Waals surface area contributed by atoms with Crippen molar-refractivity contribution in [3.8, 4) is 10.7 Å². The van der Waals surface area contributed by atoms with Crippen molar-refractivity contribution in [3.63, 3.8) is 0 Å². The van der Waals surface area contributed by atoms with E-state index in [1.165, 1.54) is 17.4 Å². The first-order valence-electron chi connectivity index (χ1n) is 8.41. The van der Waals surface area contributed by atoms with Crippen LogP contribution in [-0.4, -0.2) is 26.8 Å². The minimum absolute atomic E-state index is 0.121. The number of aliphatic carboxylic acids is 1. The molecule has 0 fully saturated rings. The largest absolute Gasteiger partial charge is 0.481 e. The molecule has 0 aliphatic carbocycles. The third-order valence-electron chi connectivity index (χ3n) is 3.92. The van der Waals surface area contributed by atoms with Gasteiger partial charge in [0.25, 0.3) is 0 Å². The Morgan fingerprint density at radius 3 is 2.71 bits per heavy atom. The number of carboxylic acids is 1. The van der Waals surface area contributed by atoms with Gasteiger partial charge < -0.3 is 10.4 Å². The molecule has 146 valence electrons. The van der Waals surface area contributed by atoms with Crippen molar-refractivity contribution >= 4 is 52.2 Å². The highest BCUT2D eigenvalue weighted by Gasteiger charge is 2.15. The summed E-state index contributed by atoms with van der Waals surface area (Å²) in [5.74, 6) is -0.473. The van der Waals surface area contributed by atoms with Gasteiger partial charge in [-0.2, -0.15) is 0 Å². The molecule has 0 aliphatic heterocycles. The first kappa shape index (κ1) is 20.6. The SMILES string of the molecule is CCc1c(C)nc(-c2ccc(Cl)s2)nc1Nc1ccc(SCC(=O)O)cc1F. The van der Waals surface area contributed by atoms with Gasteiger partial charge in [-0.1, -0.05) is 18.5 Å². The van der Waals surface area contributed by atoms with Crippen molar-refractivity contribution < 1.29 is 14.3 Å². The lowest BCUT2D eigenvalue weighted by molar-refractivity contribution is -0.133. The summed E-state index contributed by atoms with van der Waals surface area (Å²) in [7, 11) is 0. The van der Waals surface area contributed by atoms with Gasteiger partial charge >= 0.3 is 5.97 Å². The van der Waals surface area contributed by atoms with Crippen molar-refractivity contribution in [1.29, 1.82) is 0 Å². The average molecular weight is 438 g/mol. The van der Waals surface area contributed by atoms with E-state index in [0.717, 1.165) is 27.9 Å². The van der Waals surface area contributed by atoms with Gasteiger partial charge in [-0.05, 0) is 43.7 Å². The van der Waals surface area contributed by atoms with E-state index in [9.17, 15) is 9.18 Å². The van der Waals surface area contributed by atoms with Gasteiger partial charge in [0.2, 0.25) is 0 Å². The van der Waals surface area contributed by atoms with Crippen LogP contribution in [0, 0.1) is 12.7 Å². The van der Waals surface area contributed by atoms with Crippen LogP contribution in [0.1, 0.15) is 18.2 Å². The van der Waals surface area contributed by atoms with E-state index >= 15 is 0 Å². The Morgan fingerprint density at radius 1 is 1.32 bits per heavy atom. The normalized spacial score (nSPS) is 10.9. The number of halogens is 2. The fourth-order valence-corrected chi connectivity index (χ4v) is 4.25. The second-order valence-corrected chi connectivity index (χ2v) is 8.63. The van der Waals surface area contributed by atoms with Crippen LogP contribution in [0.5, 0.6) is 0 Å². The number of aromatic nitrogens is 2. The number of aryl methyl sites for hydroxylation is 1. The van der Waals surface area contributed by atoms with Crippen molar-refractivity contribution in [3.05, 3.63) is 51.7 Å². The summed E-state index contributed by atoms with van der Waals surface area (Å²) in [5.41, 5.74) is 1.98. The van der Waals surface area contributed by atoms with Crippen LogP contribution in [0.3, 0.4) is 0 Å². The molecule has 0 amide bonds. The maximum atomic E-state index is 14.5. The Hall–Kier alpha value is -2.16. The quantitative estimate of drug-likeness (QED) is 0.456. The zero-order valence-corrected chi connectivity index (χ0v) is 17.5. The summed E-state index contributed by atoms with van der Waals surface area (Å²) in [5, 5.41) is 11.8. The number of rotatable bonds is 7. The number of anilines is 2. The Balaban J connectivity index is 1.92. The van der Waals surface area contributed by atoms with Crippen LogP contribution in [0.2, 0.25) is 4.34 Å². The zero-order chi connectivity index (χ0) is 20.3. The summed E-state index contributed by atoms with van der Waals surface area (Å²) >= 11 is 8.46. The monoisotopic (exact) mass is 437 g/mol. The van der Waals surface area contributed by atoms with Gasteiger partial charge in [0, 0.05) is 16.2 Å². The van der Waals surface area contributed by atoms with E-state index in [2.05, 4.69) is 15.3 Å². The Morgan fingerprint density at radius 2 is 2.11 bits per heavy atom. The van der Waals surface area contributed by atoms with Crippen LogP contribution >= 0.6 is 34.7 Å². The molecule has 0 spiro atoms. The van der Waals surface area contributed by atoms with Gasteiger partial charge in [0.05, 0.1) is 20.7 Å². The van der Waals surface area contributed by atoms with Crippen molar-refractivity contribution in [1.82, 2.24) is 9.97 Å². The average Bonchev–Trinajstić information content (AvgIpc) is 3.08. The highest BCUT2D eigenvalue weighted by Crippen LogP contribution is 2.32. The van der Waals surface area contributed by atoms with E-state index < -0.39 is 11.8 Å². The van der Waals surface area contributed by atoms with E-state index in [-0.39, 0.29) is 11.4 Å². The standard InChI is InChI=1S/C19H17ClFN3O2S2/c1-3-12-10(2)22-19(15-6-7-16(20)28-15)24-18(12)23-14-5-4-11(8-13(14)21)27-9-17(25)26/h4-8H,3,9H2,1-2H3,(H,25,26)(H,22,23,24). The molecule has 0 aliphatic rings. The lowest BCUT2D eigenvalue weighted by Crippen LogP contribution is -2.06. The predicted octanol–water partition coefficient (Wildman–Crippen LogP) is 5.79. The summed E-state index contributed by atoms with van der Waals surface area (Å²) in [6, 6.07) is 8.22. The molecule has 3 rings (SSSR count). The molecule has 3 aromatic rings. The molecule has 0 unspecified atom stereocenters. The molecule has 28 heavy (non-hydrogen) atoms. The fourth-order valence-electron chi connectivity index (χ4n) is 2.63. The Bertz CT molecular complexity index is 1030. The van der Waals surface area contributed by atoms with Gasteiger partial charge in [0.1, 0.15) is 11.6 Å². The number of carbonyl (C=O) groups is 1. The van der Waals surface area contributed by atoms with Crippen molar-refractivity contribution in [2.45, 2.75) is 25.2 Å². The number of carboxylic acid groups (broad SMARTS) is 1. The molecular weight excluding hydrogens is 421 g/mol. The second kappa shape index (κ2) is 8.89. The number of hydrogen-bond acceptors (Lipinski definition) is 6. The summed E-state index contributed by atoms with van der Waals surface area (Å²) < 4.78 is 15.2. The molecule has 0 saturated heterocycles. The van der Waals surface area contributed by atoms with Crippen molar-refractivity contribution in [2.75, 3.05) is 11.1 Å². The maximum Gasteiger partial charge on any atom is 0.313 e. The lowest BCUT2D eigenvalue weighted by Gasteiger charge is -2.14. The lowest BCUT2D eigenvalue weighted by atomic mass is 10.1. The van der Waals surface area contributed by atoms with Gasteiger partial charge in [-0.15, -0.1) is 23.1 Å². The molecule has 2 N–H and O–H groups in total. The van der Waals surface area contributed by atoms with Crippen LogP contribution in [0.4, 0.5) is 15.9 Å². The number of hydrogen-bond donors (Lipinski definition) is 2. The number of nitrogens with zero attached hydrogens (tertiary/aromatic N) is 2. The van der Waals surface area contributed by atoms with Crippen LogP contribution in [0.15, 0.2) is 35.2 Å². The third kappa shape index (κ3) is 4.81. The summed E-state index contributed by atoms with van der Waals surface area (Å²) in [6.45, 7) is 3.88. The van der Waals surface area contributed by atoms with Gasteiger partial charge in [-0.3, -0.25) is 4.79 Å². The molecule has 0 atom stereocenters. The van der Waals surface area contributed by atoms with Crippen LogP contribution in [0.25, 0.3) is 10.7 Å². The minimum atomic E-state index is -0.946. The first-order valence-corrected chi connectivity index (χ1v) is 10.6. The van der Waals surface area contributed by atoms with E-state index in [0.29, 0.717) is 27.3 Å². The number of benzene rings is 1. The molecule has 2 heterocycles. The van der Waals surface area contributed by atoms with E-state index in [1.807, 2.05) is 19.9 Å². The molecule has 1 aromatic carbocycles. The van der Waals surface area contributed by atoms with Gasteiger partial charge in [-0.25, -0.2) is 14.4 Å². The molecule has 0 radical (unpaired) electrons. The first-order chi connectivity index (χ1) is 13.4. The molecule has 9 heteroatoms. The second-order valence-electron chi connectivity index (χ2n) is 5.87. The molecule has 2 aromatic heterocycles. The maximum absolute atomic E-state index is 14.5. The van der Waals surface area contributed by atoms with Gasteiger partial charge in [0.15, 0.2) is 5.82 Å². The number of thiophene rings is 1. The molecule has 0 saturated carbocycles. The van der Waals surface area contributed by atoms with E-state index in [1.54, 1.807) is 18.2 Å². The number of nitrogens with one attached hydrogen (secondary N) is 1. The summed E-state index contributed by atoms with van der Waals surface area (Å²) in [6.07, 6.45) is 0.688. The zero-order valence-electron chi connectivity index (χ0n) is 15.1. The molecular formula is C19H17ClFN3O2S2. The Kier molecular flexibility index (Phi) is 6.53. The smallest absolute Gasteiger partial charge is 0.313 e. The fraction of sp³-hybridized carbons (Fsp3) is 0.211. The van der Waals surface area contributed by atoms with E-state index in [4.69, 9.17) is 16.7 Å². The predicted molar refractivity (Wildman–Crippen MR) is 113 cm³/mol. The summed E-state index contributed by atoms with van der Waals surface area (Å²) in [4.78, 5) is 21.2. The Labute approximate surface area is 175 Å². The topological polar surface area (TPSA) is 75.1 Å². The van der Waals surface area contributed by atoms with Crippen LogP contribution < -0.4 is 5.32 Å². The molecule has 5 nitrogen and oxygen atoms in total. The minimum Gasteiger partial charge on any atom is -0.481 e.